The maximum absolute atomic E-state index is 9.25. The van der Waals surface area contributed by atoms with Crippen molar-refractivity contribution in [3.63, 3.8) is 0 Å². The molecule has 1 heterocycles. The van der Waals surface area contributed by atoms with Crippen LogP contribution in [0.1, 0.15) is 5.69 Å². The van der Waals surface area contributed by atoms with Crippen LogP contribution < -0.4 is 5.32 Å². The number of pyridine rings is 1. The first-order chi connectivity index (χ1) is 6.33. The van der Waals surface area contributed by atoms with E-state index in [-0.39, 0.29) is 6.61 Å². The summed E-state index contributed by atoms with van der Waals surface area (Å²) in [6, 6.07) is 5.66. The highest BCUT2D eigenvalue weighted by molar-refractivity contribution is 5.02. The van der Waals surface area contributed by atoms with Crippen molar-refractivity contribution in [2.24, 2.45) is 0 Å². The second-order valence-electron chi connectivity index (χ2n) is 2.67. The third-order valence-electron chi connectivity index (χ3n) is 1.57. The quantitative estimate of drug-likeness (QED) is 0.636. The smallest absolute Gasteiger partial charge is 0.128 e. The topological polar surface area (TPSA) is 54.4 Å². The predicted molar refractivity (Wildman–Crippen MR) is 49.0 cm³/mol. The van der Waals surface area contributed by atoms with Gasteiger partial charge in [0, 0.05) is 19.9 Å². The summed E-state index contributed by atoms with van der Waals surface area (Å²) < 4.78 is 4.76. The molecule has 1 unspecified atom stereocenters. The lowest BCUT2D eigenvalue weighted by Gasteiger charge is -2.10. The van der Waals surface area contributed by atoms with Crippen molar-refractivity contribution in [1.29, 1.82) is 0 Å². The van der Waals surface area contributed by atoms with Crippen molar-refractivity contribution < 1.29 is 9.84 Å². The summed E-state index contributed by atoms with van der Waals surface area (Å²) in [5, 5.41) is 12.1. The molecule has 0 aromatic carbocycles. The van der Waals surface area contributed by atoms with Gasteiger partial charge in [-0.15, -0.1) is 0 Å². The van der Waals surface area contributed by atoms with Crippen LogP contribution in [0.25, 0.3) is 0 Å². The molecule has 0 radical (unpaired) electrons. The average molecular weight is 182 g/mol. The van der Waals surface area contributed by atoms with Crippen molar-refractivity contribution in [3.05, 3.63) is 30.1 Å². The van der Waals surface area contributed by atoms with Crippen molar-refractivity contribution in [3.8, 4) is 0 Å². The SMILES string of the molecule is COCC(O)NCc1ccccn1. The highest BCUT2D eigenvalue weighted by atomic mass is 16.5. The lowest BCUT2D eigenvalue weighted by molar-refractivity contribution is 0.0411. The van der Waals surface area contributed by atoms with Crippen LogP contribution in [0.15, 0.2) is 24.4 Å². The molecular formula is C9H14N2O2. The van der Waals surface area contributed by atoms with Crippen LogP contribution in [0.5, 0.6) is 0 Å². The maximum Gasteiger partial charge on any atom is 0.128 e. The first-order valence-corrected chi connectivity index (χ1v) is 4.13. The summed E-state index contributed by atoms with van der Waals surface area (Å²) in [6.45, 7) is 0.832. The van der Waals surface area contributed by atoms with Crippen LogP contribution in [0, 0.1) is 0 Å². The Labute approximate surface area is 77.6 Å². The van der Waals surface area contributed by atoms with Crippen LogP contribution in [-0.2, 0) is 11.3 Å². The van der Waals surface area contributed by atoms with Gasteiger partial charge >= 0.3 is 0 Å². The molecule has 1 aromatic heterocycles. The number of aliphatic hydroxyl groups excluding tert-OH is 1. The second-order valence-corrected chi connectivity index (χ2v) is 2.67. The standard InChI is InChI=1S/C9H14N2O2/c1-13-7-9(12)11-6-8-4-2-3-5-10-8/h2-5,9,11-12H,6-7H2,1H3. The zero-order valence-electron chi connectivity index (χ0n) is 7.60. The molecule has 0 amide bonds. The van der Waals surface area contributed by atoms with Gasteiger partial charge in [-0.2, -0.15) is 0 Å². The molecule has 0 saturated heterocycles. The molecule has 0 bridgehead atoms. The Morgan fingerprint density at radius 2 is 2.46 bits per heavy atom. The fraction of sp³-hybridized carbons (Fsp3) is 0.444. The second kappa shape index (κ2) is 5.64. The molecule has 4 nitrogen and oxygen atoms in total. The molecular weight excluding hydrogens is 168 g/mol. The molecule has 13 heavy (non-hydrogen) atoms. The van der Waals surface area contributed by atoms with Gasteiger partial charge in [-0.25, -0.2) is 0 Å². The third kappa shape index (κ3) is 3.98. The number of rotatable bonds is 5. The summed E-state index contributed by atoms with van der Waals surface area (Å²) in [6.07, 6.45) is 1.09. The van der Waals surface area contributed by atoms with Gasteiger partial charge in [-0.3, -0.25) is 10.3 Å². The summed E-state index contributed by atoms with van der Waals surface area (Å²) in [5.74, 6) is 0. The Kier molecular flexibility index (Phi) is 4.39. The summed E-state index contributed by atoms with van der Waals surface area (Å²) in [4.78, 5) is 4.10. The third-order valence-corrected chi connectivity index (χ3v) is 1.57. The molecule has 1 aromatic rings. The highest BCUT2D eigenvalue weighted by Crippen LogP contribution is 1.92. The largest absolute Gasteiger partial charge is 0.381 e. The fourth-order valence-corrected chi connectivity index (χ4v) is 0.942. The van der Waals surface area contributed by atoms with Gasteiger partial charge in [-0.05, 0) is 12.1 Å². The highest BCUT2D eigenvalue weighted by Gasteiger charge is 2.01. The predicted octanol–water partition coefficient (Wildman–Crippen LogP) is 0.136. The summed E-state index contributed by atoms with van der Waals surface area (Å²) in [5.41, 5.74) is 0.901. The van der Waals surface area contributed by atoms with Gasteiger partial charge in [-0.1, -0.05) is 6.07 Å². The molecule has 0 fully saturated rings. The van der Waals surface area contributed by atoms with E-state index in [9.17, 15) is 5.11 Å². The van der Waals surface area contributed by atoms with E-state index >= 15 is 0 Å². The first-order valence-electron chi connectivity index (χ1n) is 4.13. The van der Waals surface area contributed by atoms with Gasteiger partial charge in [0.25, 0.3) is 0 Å². The first kappa shape index (κ1) is 10.1. The number of hydrogen-bond donors (Lipinski definition) is 2. The molecule has 0 aliphatic carbocycles. The molecule has 72 valence electrons. The van der Waals surface area contributed by atoms with Crippen molar-refractivity contribution >= 4 is 0 Å². The zero-order valence-corrected chi connectivity index (χ0v) is 7.60. The van der Waals surface area contributed by atoms with E-state index in [1.54, 1.807) is 13.3 Å². The summed E-state index contributed by atoms with van der Waals surface area (Å²) in [7, 11) is 1.55. The average Bonchev–Trinajstić information content (AvgIpc) is 2.17. The minimum Gasteiger partial charge on any atom is -0.381 e. The lowest BCUT2D eigenvalue weighted by atomic mass is 10.3. The lowest BCUT2D eigenvalue weighted by Crippen LogP contribution is -2.32. The van der Waals surface area contributed by atoms with Crippen LogP contribution >= 0.6 is 0 Å². The van der Waals surface area contributed by atoms with Crippen LogP contribution in [0.2, 0.25) is 0 Å². The van der Waals surface area contributed by atoms with E-state index in [2.05, 4.69) is 10.3 Å². The monoisotopic (exact) mass is 182 g/mol. The Bertz CT molecular complexity index is 228. The number of aliphatic hydroxyl groups is 1. The Hall–Kier alpha value is -0.970. The Morgan fingerprint density at radius 3 is 3.08 bits per heavy atom. The van der Waals surface area contributed by atoms with Crippen LogP contribution in [0.3, 0.4) is 0 Å². The van der Waals surface area contributed by atoms with E-state index in [0.29, 0.717) is 6.54 Å². The molecule has 4 heteroatoms. The number of nitrogens with one attached hydrogen (secondary N) is 1. The number of aromatic nitrogens is 1. The zero-order chi connectivity index (χ0) is 9.52. The van der Waals surface area contributed by atoms with Crippen molar-refractivity contribution in [1.82, 2.24) is 10.3 Å². The molecule has 0 saturated carbocycles. The molecule has 0 spiro atoms. The normalized spacial score (nSPS) is 12.8. The Morgan fingerprint density at radius 1 is 1.62 bits per heavy atom. The van der Waals surface area contributed by atoms with Gasteiger partial charge in [0.05, 0.1) is 12.3 Å². The Balaban J connectivity index is 2.27. The van der Waals surface area contributed by atoms with Gasteiger partial charge in [0.2, 0.25) is 0 Å². The minimum atomic E-state index is -0.632. The van der Waals surface area contributed by atoms with E-state index < -0.39 is 6.23 Å². The molecule has 2 N–H and O–H groups in total. The molecule has 1 atom stereocenters. The summed E-state index contributed by atoms with van der Waals surface area (Å²) >= 11 is 0. The van der Waals surface area contributed by atoms with Gasteiger partial charge in [0.15, 0.2) is 0 Å². The van der Waals surface area contributed by atoms with Crippen LogP contribution in [0.4, 0.5) is 0 Å². The maximum atomic E-state index is 9.25. The van der Waals surface area contributed by atoms with E-state index in [4.69, 9.17) is 4.74 Å². The number of nitrogens with zero attached hydrogens (tertiary/aromatic N) is 1. The van der Waals surface area contributed by atoms with Gasteiger partial charge in [0.1, 0.15) is 6.23 Å². The van der Waals surface area contributed by atoms with E-state index in [1.807, 2.05) is 18.2 Å². The molecule has 1 rings (SSSR count). The van der Waals surface area contributed by atoms with Crippen molar-refractivity contribution in [2.75, 3.05) is 13.7 Å². The minimum absolute atomic E-state index is 0.285. The molecule has 0 aliphatic heterocycles. The van der Waals surface area contributed by atoms with Crippen molar-refractivity contribution in [2.45, 2.75) is 12.8 Å². The number of ether oxygens (including phenoxy) is 1. The van der Waals surface area contributed by atoms with Gasteiger partial charge < -0.3 is 9.84 Å². The fourth-order valence-electron chi connectivity index (χ4n) is 0.942. The van der Waals surface area contributed by atoms with E-state index in [1.165, 1.54) is 0 Å². The number of methoxy groups -OCH3 is 1. The molecule has 0 aliphatic rings. The van der Waals surface area contributed by atoms with Crippen LogP contribution in [-0.4, -0.2) is 30.0 Å². The van der Waals surface area contributed by atoms with E-state index in [0.717, 1.165) is 5.69 Å². The number of hydrogen-bond acceptors (Lipinski definition) is 4.